The summed E-state index contributed by atoms with van der Waals surface area (Å²) in [7, 11) is 0. The molecule has 0 fully saturated rings. The maximum absolute atomic E-state index is 5.39. The molecule has 28 heavy (non-hydrogen) atoms. The molecule has 5 nitrogen and oxygen atoms in total. The number of rotatable bonds is 5. The molecule has 0 N–H and O–H groups in total. The number of benzene rings is 2. The number of thiophene rings is 1. The third-order valence-corrected chi connectivity index (χ3v) is 6.07. The second-order valence-electron chi connectivity index (χ2n) is 6.04. The summed E-state index contributed by atoms with van der Waals surface area (Å²) in [5.41, 5.74) is 1.94. The Morgan fingerprint density at radius 2 is 1.68 bits per heavy atom. The van der Waals surface area contributed by atoms with Crippen LogP contribution in [0, 0.1) is 0 Å². The lowest BCUT2D eigenvalue weighted by Crippen LogP contribution is -1.94. The average molecular weight is 403 g/mol. The molecule has 0 saturated carbocycles. The van der Waals surface area contributed by atoms with Crippen molar-refractivity contribution < 1.29 is 4.52 Å². The first kappa shape index (κ1) is 17.1. The van der Waals surface area contributed by atoms with E-state index in [9.17, 15) is 0 Å². The molecule has 0 aliphatic carbocycles. The molecule has 0 atom stereocenters. The van der Waals surface area contributed by atoms with Crippen LogP contribution >= 0.6 is 23.1 Å². The molecule has 136 valence electrons. The van der Waals surface area contributed by atoms with Crippen LogP contribution in [0.4, 0.5) is 0 Å². The topological polar surface area (TPSA) is 64.7 Å². The third-order valence-electron chi connectivity index (χ3n) is 4.24. The van der Waals surface area contributed by atoms with Crippen molar-refractivity contribution >= 4 is 33.9 Å². The quantitative estimate of drug-likeness (QED) is 0.351. The Kier molecular flexibility index (Phi) is 4.60. The summed E-state index contributed by atoms with van der Waals surface area (Å²) in [5, 5.41) is 18.0. The fourth-order valence-corrected chi connectivity index (χ4v) is 4.40. The molecule has 0 spiro atoms. The summed E-state index contributed by atoms with van der Waals surface area (Å²) < 4.78 is 5.39. The molecule has 5 rings (SSSR count). The van der Waals surface area contributed by atoms with Crippen molar-refractivity contribution in [1.82, 2.24) is 20.3 Å². The molecule has 3 heterocycles. The lowest BCUT2D eigenvalue weighted by molar-refractivity contribution is 0.392. The molecule has 2 aromatic carbocycles. The van der Waals surface area contributed by atoms with E-state index < -0.39 is 0 Å². The zero-order valence-corrected chi connectivity index (χ0v) is 16.3. The van der Waals surface area contributed by atoms with E-state index in [4.69, 9.17) is 4.52 Å². The second kappa shape index (κ2) is 7.53. The van der Waals surface area contributed by atoms with Crippen molar-refractivity contribution in [2.45, 2.75) is 10.8 Å². The molecule has 0 radical (unpaired) electrons. The molecule has 5 aromatic rings. The van der Waals surface area contributed by atoms with E-state index >= 15 is 0 Å². The first-order valence-corrected chi connectivity index (χ1v) is 10.5. The van der Waals surface area contributed by atoms with Gasteiger partial charge in [-0.2, -0.15) is 4.98 Å². The normalized spacial score (nSPS) is 11.1. The average Bonchev–Trinajstić information content (AvgIpc) is 3.44. The maximum Gasteiger partial charge on any atom is 0.237 e. The Morgan fingerprint density at radius 3 is 2.50 bits per heavy atom. The lowest BCUT2D eigenvalue weighted by atomic mass is 10.1. The van der Waals surface area contributed by atoms with E-state index in [1.54, 1.807) is 23.1 Å². The van der Waals surface area contributed by atoms with E-state index in [2.05, 4.69) is 32.5 Å². The summed E-state index contributed by atoms with van der Waals surface area (Å²) in [6.45, 7) is 0. The van der Waals surface area contributed by atoms with E-state index in [1.165, 1.54) is 0 Å². The fraction of sp³-hybridized carbons (Fsp3) is 0.0476. The monoisotopic (exact) mass is 402 g/mol. The maximum atomic E-state index is 5.39. The van der Waals surface area contributed by atoms with Crippen molar-refractivity contribution in [1.29, 1.82) is 0 Å². The lowest BCUT2D eigenvalue weighted by Gasteiger charge is -2.08. The largest absolute Gasteiger partial charge is 0.338 e. The van der Waals surface area contributed by atoms with Gasteiger partial charge in [-0.25, -0.2) is 0 Å². The predicted octanol–water partition coefficient (Wildman–Crippen LogP) is 5.70. The van der Waals surface area contributed by atoms with Crippen LogP contribution in [0.25, 0.3) is 32.7 Å². The highest BCUT2D eigenvalue weighted by molar-refractivity contribution is 7.98. The minimum Gasteiger partial charge on any atom is -0.338 e. The van der Waals surface area contributed by atoms with Crippen LogP contribution in [0.5, 0.6) is 0 Å². The van der Waals surface area contributed by atoms with Crippen LogP contribution in [0.3, 0.4) is 0 Å². The molecule has 0 saturated heterocycles. The third kappa shape index (κ3) is 3.30. The van der Waals surface area contributed by atoms with Gasteiger partial charge in [0.25, 0.3) is 0 Å². The van der Waals surface area contributed by atoms with Crippen molar-refractivity contribution in [3.05, 3.63) is 78.0 Å². The fourth-order valence-electron chi connectivity index (χ4n) is 2.94. The Bertz CT molecular complexity index is 1220. The van der Waals surface area contributed by atoms with E-state index in [1.807, 2.05) is 60.0 Å². The van der Waals surface area contributed by atoms with Crippen LogP contribution in [0.2, 0.25) is 0 Å². The standard InChI is InChI=1S/C21H14N4OS2/c1-2-7-14(8-3-1)19-15-9-4-5-10-16(15)21(24-23-19)28-13-18-22-20(25-26-18)17-11-6-12-27-17/h1-12H,13H2. The Morgan fingerprint density at radius 1 is 0.857 bits per heavy atom. The van der Waals surface area contributed by atoms with Crippen molar-refractivity contribution in [3.8, 4) is 22.0 Å². The van der Waals surface area contributed by atoms with Gasteiger partial charge in [0.1, 0.15) is 10.7 Å². The van der Waals surface area contributed by atoms with Crippen LogP contribution in [0.15, 0.2) is 81.7 Å². The van der Waals surface area contributed by atoms with Crippen molar-refractivity contribution in [2.24, 2.45) is 0 Å². The van der Waals surface area contributed by atoms with Gasteiger partial charge >= 0.3 is 0 Å². The summed E-state index contributed by atoms with van der Waals surface area (Å²) in [6, 6.07) is 22.3. The zero-order chi connectivity index (χ0) is 18.8. The van der Waals surface area contributed by atoms with Crippen molar-refractivity contribution in [3.63, 3.8) is 0 Å². The van der Waals surface area contributed by atoms with Gasteiger partial charge in [-0.15, -0.1) is 21.5 Å². The molecule has 0 aliphatic rings. The van der Waals surface area contributed by atoms with Crippen LogP contribution < -0.4 is 0 Å². The van der Waals surface area contributed by atoms with E-state index in [0.29, 0.717) is 17.5 Å². The van der Waals surface area contributed by atoms with Gasteiger partial charge in [-0.1, -0.05) is 77.6 Å². The molecule has 0 bridgehead atoms. The number of fused-ring (bicyclic) bond motifs is 1. The predicted molar refractivity (Wildman–Crippen MR) is 112 cm³/mol. The van der Waals surface area contributed by atoms with E-state index in [0.717, 1.165) is 31.9 Å². The van der Waals surface area contributed by atoms with Gasteiger partial charge in [0.15, 0.2) is 0 Å². The summed E-state index contributed by atoms with van der Waals surface area (Å²) in [5.74, 6) is 1.74. The molecule has 7 heteroatoms. The number of hydrogen-bond acceptors (Lipinski definition) is 7. The van der Waals surface area contributed by atoms with Crippen molar-refractivity contribution in [2.75, 3.05) is 0 Å². The summed E-state index contributed by atoms with van der Waals surface area (Å²) in [6.07, 6.45) is 0. The Balaban J connectivity index is 1.44. The molecule has 0 amide bonds. The molecular weight excluding hydrogens is 388 g/mol. The first-order valence-electron chi connectivity index (χ1n) is 8.68. The highest BCUT2D eigenvalue weighted by Crippen LogP contribution is 2.33. The second-order valence-corrected chi connectivity index (χ2v) is 7.95. The molecule has 3 aromatic heterocycles. The first-order chi connectivity index (χ1) is 13.9. The van der Waals surface area contributed by atoms with Gasteiger partial charge in [0.2, 0.25) is 11.7 Å². The molecular formula is C21H14N4OS2. The van der Waals surface area contributed by atoms with Crippen LogP contribution in [-0.2, 0) is 5.75 Å². The van der Waals surface area contributed by atoms with E-state index in [-0.39, 0.29) is 0 Å². The van der Waals surface area contributed by atoms with Gasteiger partial charge in [0.05, 0.1) is 10.6 Å². The number of nitrogens with zero attached hydrogens (tertiary/aromatic N) is 4. The minimum absolute atomic E-state index is 0.543. The molecule has 0 aliphatic heterocycles. The van der Waals surface area contributed by atoms with Gasteiger partial charge in [0, 0.05) is 16.3 Å². The van der Waals surface area contributed by atoms with Crippen LogP contribution in [0.1, 0.15) is 5.89 Å². The van der Waals surface area contributed by atoms with Gasteiger partial charge in [-0.3, -0.25) is 0 Å². The van der Waals surface area contributed by atoms with Gasteiger partial charge < -0.3 is 4.52 Å². The SMILES string of the molecule is c1ccc(-c2nnc(SCc3nc(-c4cccs4)no3)c3ccccc23)cc1. The highest BCUT2D eigenvalue weighted by atomic mass is 32.2. The Hall–Kier alpha value is -3.03. The molecule has 0 unspecified atom stereocenters. The smallest absolute Gasteiger partial charge is 0.237 e. The summed E-state index contributed by atoms with van der Waals surface area (Å²) >= 11 is 3.14. The minimum atomic E-state index is 0.543. The Labute approximate surface area is 169 Å². The zero-order valence-electron chi connectivity index (χ0n) is 14.6. The summed E-state index contributed by atoms with van der Waals surface area (Å²) in [4.78, 5) is 5.47. The van der Waals surface area contributed by atoms with Crippen LogP contribution in [-0.4, -0.2) is 20.3 Å². The number of thioether (sulfide) groups is 1. The number of hydrogen-bond donors (Lipinski definition) is 0. The number of aromatic nitrogens is 4. The highest BCUT2D eigenvalue weighted by Gasteiger charge is 2.14. The van der Waals surface area contributed by atoms with Gasteiger partial charge in [-0.05, 0) is 11.4 Å².